The molecule has 3 heterocycles. The van der Waals surface area contributed by atoms with Gasteiger partial charge in [0.05, 0.1) is 30.0 Å². The quantitative estimate of drug-likeness (QED) is 0.433. The Kier molecular flexibility index (Phi) is 5.19. The Balaban J connectivity index is 1.56. The lowest BCUT2D eigenvalue weighted by Crippen LogP contribution is -2.38. The maximum atomic E-state index is 13.1. The van der Waals surface area contributed by atoms with Gasteiger partial charge in [0.25, 0.3) is 5.56 Å². The predicted molar refractivity (Wildman–Crippen MR) is 134 cm³/mol. The second-order valence-corrected chi connectivity index (χ2v) is 8.74. The minimum atomic E-state index is -0.728. The molecular formula is C28H24N4O3. The molecule has 5 aromatic rings. The number of methoxy groups -OCH3 is 1. The Bertz CT molecular complexity index is 1590. The molecule has 0 bridgehead atoms. The van der Waals surface area contributed by atoms with Gasteiger partial charge in [-0.15, -0.1) is 0 Å². The van der Waals surface area contributed by atoms with Gasteiger partial charge in [-0.1, -0.05) is 42.5 Å². The first kappa shape index (κ1) is 21.3. The van der Waals surface area contributed by atoms with Crippen molar-refractivity contribution in [2.45, 2.75) is 25.0 Å². The minimum Gasteiger partial charge on any atom is -0.497 e. The monoisotopic (exact) mass is 464 g/mol. The number of ether oxygens (including phenoxy) is 1. The number of aryl methyl sites for hydroxylation is 1. The van der Waals surface area contributed by atoms with Crippen LogP contribution in [0.25, 0.3) is 28.0 Å². The Morgan fingerprint density at radius 2 is 1.80 bits per heavy atom. The van der Waals surface area contributed by atoms with Crippen LogP contribution in [-0.4, -0.2) is 37.7 Å². The van der Waals surface area contributed by atoms with Gasteiger partial charge >= 0.3 is 0 Å². The van der Waals surface area contributed by atoms with Crippen molar-refractivity contribution in [1.29, 1.82) is 0 Å². The standard InChI is InChI=1S/C28H24N4O3/c1-35-20-11-12-21-19(17-20)10-14-24(33)28(21)32-25(34)15-13-22(29-32)26-23-9-5-6-16-31(23)30-27(26)18-7-3-2-4-8-18/h2-9,11-13,15-17,24,28,33H,10,14H2,1H3. The normalized spacial score (nSPS) is 17.3. The van der Waals surface area contributed by atoms with Crippen molar-refractivity contribution in [1.82, 2.24) is 19.4 Å². The topological polar surface area (TPSA) is 81.7 Å². The number of pyridine rings is 1. The van der Waals surface area contributed by atoms with Crippen LogP contribution in [0.2, 0.25) is 0 Å². The first-order valence-electron chi connectivity index (χ1n) is 11.6. The van der Waals surface area contributed by atoms with Crippen LogP contribution in [0.4, 0.5) is 0 Å². The van der Waals surface area contributed by atoms with Crippen molar-refractivity contribution in [3.63, 3.8) is 0 Å². The number of hydrogen-bond donors (Lipinski definition) is 1. The molecule has 1 aliphatic carbocycles. The Labute approximate surface area is 201 Å². The van der Waals surface area contributed by atoms with E-state index < -0.39 is 12.1 Å². The smallest absolute Gasteiger partial charge is 0.267 e. The third kappa shape index (κ3) is 3.61. The summed E-state index contributed by atoms with van der Waals surface area (Å²) in [5, 5.41) is 20.6. The van der Waals surface area contributed by atoms with E-state index in [9.17, 15) is 9.90 Å². The summed E-state index contributed by atoms with van der Waals surface area (Å²) in [6, 6.07) is 24.2. The van der Waals surface area contributed by atoms with Gasteiger partial charge in [-0.05, 0) is 54.3 Å². The average molecular weight is 465 g/mol. The molecule has 6 rings (SSSR count). The second kappa shape index (κ2) is 8.52. The van der Waals surface area contributed by atoms with E-state index in [4.69, 9.17) is 14.9 Å². The van der Waals surface area contributed by atoms with Crippen LogP contribution in [0.3, 0.4) is 0 Å². The van der Waals surface area contributed by atoms with Crippen molar-refractivity contribution in [3.05, 3.63) is 107 Å². The van der Waals surface area contributed by atoms with E-state index in [1.54, 1.807) is 13.2 Å². The molecule has 2 aromatic carbocycles. The maximum absolute atomic E-state index is 13.1. The highest BCUT2D eigenvalue weighted by Gasteiger charge is 2.32. The molecule has 7 heteroatoms. The van der Waals surface area contributed by atoms with Gasteiger partial charge in [0.15, 0.2) is 0 Å². The number of aromatic nitrogens is 4. The van der Waals surface area contributed by atoms with Crippen LogP contribution in [0.15, 0.2) is 89.9 Å². The molecule has 2 unspecified atom stereocenters. The first-order chi connectivity index (χ1) is 17.1. The first-order valence-corrected chi connectivity index (χ1v) is 11.6. The van der Waals surface area contributed by atoms with E-state index in [-0.39, 0.29) is 5.56 Å². The lowest BCUT2D eigenvalue weighted by Gasteiger charge is -2.31. The number of nitrogens with zero attached hydrogens (tertiary/aromatic N) is 4. The van der Waals surface area contributed by atoms with Crippen LogP contribution in [0, 0.1) is 0 Å². The van der Waals surface area contributed by atoms with Gasteiger partial charge in [0.2, 0.25) is 0 Å². The molecule has 174 valence electrons. The number of aliphatic hydroxyl groups is 1. The molecule has 35 heavy (non-hydrogen) atoms. The van der Waals surface area contributed by atoms with Gasteiger partial charge in [-0.3, -0.25) is 4.79 Å². The minimum absolute atomic E-state index is 0.265. The van der Waals surface area contributed by atoms with E-state index in [0.717, 1.165) is 39.2 Å². The highest BCUT2D eigenvalue weighted by atomic mass is 16.5. The number of benzene rings is 2. The summed E-state index contributed by atoms with van der Waals surface area (Å²) in [6.45, 7) is 0. The maximum Gasteiger partial charge on any atom is 0.267 e. The van der Waals surface area contributed by atoms with E-state index >= 15 is 0 Å². The van der Waals surface area contributed by atoms with E-state index in [1.165, 1.54) is 10.7 Å². The van der Waals surface area contributed by atoms with Gasteiger partial charge in [-0.2, -0.15) is 10.2 Å². The van der Waals surface area contributed by atoms with E-state index in [0.29, 0.717) is 18.5 Å². The van der Waals surface area contributed by atoms with Crippen molar-refractivity contribution in [2.24, 2.45) is 0 Å². The van der Waals surface area contributed by atoms with Gasteiger partial charge in [0.1, 0.15) is 17.5 Å². The number of rotatable bonds is 4. The molecule has 0 spiro atoms. The molecule has 0 fully saturated rings. The Morgan fingerprint density at radius 3 is 2.63 bits per heavy atom. The fourth-order valence-corrected chi connectivity index (χ4v) is 4.98. The molecule has 0 amide bonds. The molecular weight excluding hydrogens is 440 g/mol. The van der Waals surface area contributed by atoms with E-state index in [1.807, 2.05) is 77.4 Å². The zero-order valence-corrected chi connectivity index (χ0v) is 19.2. The van der Waals surface area contributed by atoms with Crippen LogP contribution in [0.1, 0.15) is 23.6 Å². The highest BCUT2D eigenvalue weighted by molar-refractivity contribution is 5.90. The third-order valence-electron chi connectivity index (χ3n) is 6.67. The lowest BCUT2D eigenvalue weighted by molar-refractivity contribution is 0.105. The summed E-state index contributed by atoms with van der Waals surface area (Å²) in [5.74, 6) is 0.756. The van der Waals surface area contributed by atoms with Gasteiger partial charge in [-0.25, -0.2) is 9.20 Å². The van der Waals surface area contributed by atoms with Crippen LogP contribution >= 0.6 is 0 Å². The zero-order chi connectivity index (χ0) is 23.9. The molecule has 1 aliphatic rings. The van der Waals surface area contributed by atoms with E-state index in [2.05, 4.69) is 0 Å². The molecule has 0 saturated heterocycles. The van der Waals surface area contributed by atoms with Crippen LogP contribution in [0.5, 0.6) is 5.75 Å². The van der Waals surface area contributed by atoms with Crippen molar-refractivity contribution in [3.8, 4) is 28.3 Å². The molecule has 1 N–H and O–H groups in total. The molecule has 7 nitrogen and oxygen atoms in total. The summed E-state index contributed by atoms with van der Waals surface area (Å²) in [4.78, 5) is 13.1. The SMILES string of the molecule is COc1ccc2c(c1)CCC(O)C2n1nc(-c2c(-c3ccccc3)nn3ccccc23)ccc1=O. The summed E-state index contributed by atoms with van der Waals surface area (Å²) < 4.78 is 8.63. The number of fused-ring (bicyclic) bond motifs is 2. The van der Waals surface area contributed by atoms with Gasteiger partial charge in [0, 0.05) is 17.8 Å². The van der Waals surface area contributed by atoms with Crippen molar-refractivity contribution in [2.75, 3.05) is 7.11 Å². The summed E-state index contributed by atoms with van der Waals surface area (Å²) in [5.41, 5.74) is 5.77. The summed E-state index contributed by atoms with van der Waals surface area (Å²) >= 11 is 0. The Hall–Kier alpha value is -4.23. The van der Waals surface area contributed by atoms with Crippen molar-refractivity contribution < 1.29 is 9.84 Å². The summed E-state index contributed by atoms with van der Waals surface area (Å²) in [7, 11) is 1.63. The number of hydrogen-bond acceptors (Lipinski definition) is 5. The molecule has 2 atom stereocenters. The highest BCUT2D eigenvalue weighted by Crippen LogP contribution is 2.36. The Morgan fingerprint density at radius 1 is 0.971 bits per heavy atom. The fraction of sp³-hybridized carbons (Fsp3) is 0.179. The lowest BCUT2D eigenvalue weighted by atomic mass is 9.85. The fourth-order valence-electron chi connectivity index (χ4n) is 4.98. The molecule has 0 radical (unpaired) electrons. The average Bonchev–Trinajstić information content (AvgIpc) is 3.29. The second-order valence-electron chi connectivity index (χ2n) is 8.74. The van der Waals surface area contributed by atoms with Crippen molar-refractivity contribution >= 4 is 5.52 Å². The van der Waals surface area contributed by atoms with Crippen LogP contribution < -0.4 is 10.3 Å². The predicted octanol–water partition coefficient (Wildman–Crippen LogP) is 4.13. The third-order valence-corrected chi connectivity index (χ3v) is 6.67. The molecule has 0 aliphatic heterocycles. The van der Waals surface area contributed by atoms with Gasteiger partial charge < -0.3 is 9.84 Å². The zero-order valence-electron chi connectivity index (χ0n) is 19.2. The number of aliphatic hydroxyl groups excluding tert-OH is 1. The molecule has 0 saturated carbocycles. The summed E-state index contributed by atoms with van der Waals surface area (Å²) in [6.07, 6.45) is 2.42. The molecule has 3 aromatic heterocycles. The largest absolute Gasteiger partial charge is 0.497 e. The van der Waals surface area contributed by atoms with Crippen LogP contribution in [-0.2, 0) is 6.42 Å².